The van der Waals surface area contributed by atoms with Crippen LogP contribution in [-0.4, -0.2) is 48.5 Å². The monoisotopic (exact) mass is 486 g/mol. The molecule has 1 N–H and O–H groups in total. The molecule has 10 heteroatoms. The molecule has 2 aromatic carbocycles. The fourth-order valence-corrected chi connectivity index (χ4v) is 5.33. The van der Waals surface area contributed by atoms with Crippen LogP contribution in [0.5, 0.6) is 0 Å². The van der Waals surface area contributed by atoms with Gasteiger partial charge in [0.15, 0.2) is 0 Å². The Labute approximate surface area is 198 Å². The lowest BCUT2D eigenvalue weighted by Crippen LogP contribution is -2.52. The molecule has 1 aliphatic heterocycles. The first-order valence-corrected chi connectivity index (χ1v) is 12.7. The number of halogens is 1. The zero-order valence-electron chi connectivity index (χ0n) is 19.0. The molecule has 34 heavy (non-hydrogen) atoms. The summed E-state index contributed by atoms with van der Waals surface area (Å²) < 4.78 is 46.7. The van der Waals surface area contributed by atoms with E-state index in [0.29, 0.717) is 43.2 Å². The first kappa shape index (κ1) is 24.0. The standard InChI is InChI=1S/C24H27FN4O4S/c1-16(2)21(28-34(31,32)20-6-4-3-5-7-20)24(30)29-14-12-18(13-15-29)23-26-22(27-33-23)17-8-10-19(25)11-9-17/h3-11,16,18,21,28H,12-15H2,1-2H3/t21-/m0/s1. The Bertz CT molecular complexity index is 1220. The van der Waals surface area contributed by atoms with E-state index in [1.165, 1.54) is 24.3 Å². The number of nitrogens with zero attached hydrogens (tertiary/aromatic N) is 3. The third-order valence-electron chi connectivity index (χ3n) is 5.97. The van der Waals surface area contributed by atoms with Crippen molar-refractivity contribution >= 4 is 15.9 Å². The second-order valence-electron chi connectivity index (χ2n) is 8.72. The smallest absolute Gasteiger partial charge is 0.241 e. The van der Waals surface area contributed by atoms with Crippen molar-refractivity contribution in [2.75, 3.05) is 13.1 Å². The molecule has 0 saturated carbocycles. The Morgan fingerprint density at radius 2 is 1.74 bits per heavy atom. The van der Waals surface area contributed by atoms with E-state index < -0.39 is 16.1 Å². The van der Waals surface area contributed by atoms with Gasteiger partial charge in [-0.05, 0) is 55.2 Å². The Morgan fingerprint density at radius 1 is 1.09 bits per heavy atom. The third kappa shape index (κ3) is 5.34. The molecule has 2 heterocycles. The summed E-state index contributed by atoms with van der Waals surface area (Å²) in [6, 6.07) is 13.0. The molecule has 1 atom stereocenters. The number of sulfonamides is 1. The van der Waals surface area contributed by atoms with E-state index in [2.05, 4.69) is 14.9 Å². The van der Waals surface area contributed by atoms with E-state index in [1.54, 1.807) is 35.2 Å². The van der Waals surface area contributed by atoms with Crippen molar-refractivity contribution in [3.63, 3.8) is 0 Å². The maximum absolute atomic E-state index is 13.2. The van der Waals surface area contributed by atoms with Crippen LogP contribution in [-0.2, 0) is 14.8 Å². The number of aromatic nitrogens is 2. The van der Waals surface area contributed by atoms with E-state index in [9.17, 15) is 17.6 Å². The molecular weight excluding hydrogens is 459 g/mol. The van der Waals surface area contributed by atoms with Crippen molar-refractivity contribution in [2.24, 2.45) is 5.92 Å². The number of likely N-dealkylation sites (tertiary alicyclic amines) is 1. The summed E-state index contributed by atoms with van der Waals surface area (Å²) in [4.78, 5) is 19.5. The maximum Gasteiger partial charge on any atom is 0.241 e. The van der Waals surface area contributed by atoms with Crippen LogP contribution in [0.2, 0.25) is 0 Å². The summed E-state index contributed by atoms with van der Waals surface area (Å²) >= 11 is 0. The number of hydrogen-bond acceptors (Lipinski definition) is 6. The molecule has 3 aromatic rings. The molecule has 1 aromatic heterocycles. The minimum Gasteiger partial charge on any atom is -0.341 e. The fourth-order valence-electron chi connectivity index (χ4n) is 3.97. The highest BCUT2D eigenvalue weighted by atomic mass is 32.2. The van der Waals surface area contributed by atoms with Gasteiger partial charge in [-0.1, -0.05) is 37.2 Å². The maximum atomic E-state index is 13.2. The molecule has 8 nitrogen and oxygen atoms in total. The van der Waals surface area contributed by atoms with Crippen LogP contribution in [0.1, 0.15) is 38.5 Å². The molecule has 0 aliphatic carbocycles. The minimum atomic E-state index is -3.82. The molecule has 0 radical (unpaired) electrons. The average Bonchev–Trinajstić information content (AvgIpc) is 3.33. The predicted octanol–water partition coefficient (Wildman–Crippen LogP) is 3.58. The lowest BCUT2D eigenvalue weighted by atomic mass is 9.95. The zero-order valence-corrected chi connectivity index (χ0v) is 19.8. The summed E-state index contributed by atoms with van der Waals surface area (Å²) in [6.07, 6.45) is 1.24. The van der Waals surface area contributed by atoms with Gasteiger partial charge >= 0.3 is 0 Å². The van der Waals surface area contributed by atoms with Crippen LogP contribution in [0.15, 0.2) is 64.0 Å². The van der Waals surface area contributed by atoms with Crippen LogP contribution >= 0.6 is 0 Å². The molecular formula is C24H27FN4O4S. The van der Waals surface area contributed by atoms with Gasteiger partial charge in [-0.15, -0.1) is 0 Å². The van der Waals surface area contributed by atoms with Crippen molar-refractivity contribution in [2.45, 2.75) is 43.5 Å². The summed E-state index contributed by atoms with van der Waals surface area (Å²) in [5, 5.41) is 4.00. The molecule has 1 saturated heterocycles. The first-order valence-electron chi connectivity index (χ1n) is 11.2. The summed E-state index contributed by atoms with van der Waals surface area (Å²) in [5.74, 6) is 0.0586. The van der Waals surface area contributed by atoms with Gasteiger partial charge in [0.1, 0.15) is 11.9 Å². The molecule has 0 unspecified atom stereocenters. The quantitative estimate of drug-likeness (QED) is 0.547. The van der Waals surface area contributed by atoms with E-state index in [4.69, 9.17) is 4.52 Å². The Kier molecular flexibility index (Phi) is 7.08. The van der Waals surface area contributed by atoms with Crippen LogP contribution < -0.4 is 4.72 Å². The molecule has 1 fully saturated rings. The van der Waals surface area contributed by atoms with Gasteiger partial charge in [-0.25, -0.2) is 12.8 Å². The summed E-state index contributed by atoms with van der Waals surface area (Å²) in [6.45, 7) is 4.54. The van der Waals surface area contributed by atoms with Crippen LogP contribution in [0.25, 0.3) is 11.4 Å². The second kappa shape index (κ2) is 10.0. The van der Waals surface area contributed by atoms with Crippen molar-refractivity contribution in [1.82, 2.24) is 19.8 Å². The lowest BCUT2D eigenvalue weighted by molar-refractivity contribution is -0.135. The largest absolute Gasteiger partial charge is 0.341 e. The highest BCUT2D eigenvalue weighted by Crippen LogP contribution is 2.29. The van der Waals surface area contributed by atoms with Crippen molar-refractivity contribution in [3.05, 3.63) is 66.3 Å². The number of hydrogen-bond donors (Lipinski definition) is 1. The molecule has 0 bridgehead atoms. The third-order valence-corrected chi connectivity index (χ3v) is 7.43. The average molecular weight is 487 g/mol. The first-order chi connectivity index (χ1) is 16.2. The van der Waals surface area contributed by atoms with Gasteiger partial charge in [0.25, 0.3) is 0 Å². The van der Waals surface area contributed by atoms with Gasteiger partial charge in [-0.2, -0.15) is 9.71 Å². The van der Waals surface area contributed by atoms with Gasteiger partial charge in [0.05, 0.1) is 4.90 Å². The van der Waals surface area contributed by atoms with Crippen molar-refractivity contribution < 1.29 is 22.1 Å². The van der Waals surface area contributed by atoms with Gasteiger partial charge < -0.3 is 9.42 Å². The molecule has 1 aliphatic rings. The van der Waals surface area contributed by atoms with E-state index in [1.807, 2.05) is 13.8 Å². The summed E-state index contributed by atoms with van der Waals surface area (Å²) in [5.41, 5.74) is 0.662. The van der Waals surface area contributed by atoms with Crippen LogP contribution in [0.3, 0.4) is 0 Å². The fraction of sp³-hybridized carbons (Fsp3) is 0.375. The SMILES string of the molecule is CC(C)[C@H](NS(=O)(=O)c1ccccc1)C(=O)N1CCC(c2nc(-c3ccc(F)cc3)no2)CC1. The summed E-state index contributed by atoms with van der Waals surface area (Å²) in [7, 11) is -3.82. The lowest BCUT2D eigenvalue weighted by Gasteiger charge is -2.34. The van der Waals surface area contributed by atoms with Gasteiger partial charge in [0.2, 0.25) is 27.6 Å². The van der Waals surface area contributed by atoms with Crippen molar-refractivity contribution in [3.8, 4) is 11.4 Å². The normalized spacial score (nSPS) is 16.1. The number of carbonyl (C=O) groups excluding carboxylic acids is 1. The molecule has 180 valence electrons. The second-order valence-corrected chi connectivity index (χ2v) is 10.4. The number of amides is 1. The molecule has 0 spiro atoms. The number of nitrogens with one attached hydrogen (secondary N) is 1. The highest BCUT2D eigenvalue weighted by molar-refractivity contribution is 7.89. The topological polar surface area (TPSA) is 105 Å². The van der Waals surface area contributed by atoms with Gasteiger partial charge in [0, 0.05) is 24.6 Å². The molecule has 4 rings (SSSR count). The number of piperidine rings is 1. The Morgan fingerprint density at radius 3 is 2.35 bits per heavy atom. The van der Waals surface area contributed by atoms with Crippen LogP contribution in [0, 0.1) is 11.7 Å². The molecule has 1 amide bonds. The van der Waals surface area contributed by atoms with Crippen molar-refractivity contribution in [1.29, 1.82) is 0 Å². The minimum absolute atomic E-state index is 0.00995. The van der Waals surface area contributed by atoms with E-state index in [-0.39, 0.29) is 28.5 Å². The zero-order chi connectivity index (χ0) is 24.3. The number of carbonyl (C=O) groups is 1. The number of benzene rings is 2. The van der Waals surface area contributed by atoms with Gasteiger partial charge in [-0.3, -0.25) is 4.79 Å². The highest BCUT2D eigenvalue weighted by Gasteiger charge is 2.34. The number of rotatable bonds is 7. The Hall–Kier alpha value is -3.11. The van der Waals surface area contributed by atoms with E-state index >= 15 is 0 Å². The predicted molar refractivity (Wildman–Crippen MR) is 124 cm³/mol. The van der Waals surface area contributed by atoms with E-state index in [0.717, 1.165) is 0 Å². The van der Waals surface area contributed by atoms with Crippen LogP contribution in [0.4, 0.5) is 4.39 Å². The Balaban J connectivity index is 1.40.